The molecule has 3 nitrogen and oxygen atoms in total. The van der Waals surface area contributed by atoms with Crippen LogP contribution in [0, 0.1) is 20.8 Å². The molecule has 0 amide bonds. The summed E-state index contributed by atoms with van der Waals surface area (Å²) in [6.45, 7) is 8.65. The van der Waals surface area contributed by atoms with Crippen molar-refractivity contribution >= 4 is 5.78 Å². The van der Waals surface area contributed by atoms with Gasteiger partial charge in [-0.15, -0.1) is 0 Å². The van der Waals surface area contributed by atoms with Crippen molar-refractivity contribution in [3.05, 3.63) is 58.4 Å². The second-order valence-corrected chi connectivity index (χ2v) is 5.36. The number of aromatic nitrogens is 1. The van der Waals surface area contributed by atoms with Crippen molar-refractivity contribution < 1.29 is 9.53 Å². The van der Waals surface area contributed by atoms with Gasteiger partial charge in [0.05, 0.1) is 12.8 Å². The van der Waals surface area contributed by atoms with E-state index in [1.54, 1.807) is 18.5 Å². The number of carbonyl (C=O) groups excluding carboxylic acids is 1. The van der Waals surface area contributed by atoms with Gasteiger partial charge in [0.25, 0.3) is 0 Å². The zero-order chi connectivity index (χ0) is 15.4. The van der Waals surface area contributed by atoms with Gasteiger partial charge in [0.1, 0.15) is 5.75 Å². The second-order valence-electron chi connectivity index (χ2n) is 5.36. The number of hydrogen-bond donors (Lipinski definition) is 0. The first-order valence-corrected chi connectivity index (χ1v) is 7.23. The number of ether oxygens (including phenoxy) is 1. The molecule has 0 aliphatic rings. The maximum Gasteiger partial charge on any atom is 0.195 e. The Hall–Kier alpha value is -2.16. The molecule has 110 valence electrons. The van der Waals surface area contributed by atoms with Crippen molar-refractivity contribution in [1.82, 2.24) is 4.98 Å². The summed E-state index contributed by atoms with van der Waals surface area (Å²) in [6, 6.07) is 5.83. The smallest absolute Gasteiger partial charge is 0.195 e. The molecule has 21 heavy (non-hydrogen) atoms. The minimum Gasteiger partial charge on any atom is -0.492 e. The molecule has 0 bridgehead atoms. The molecule has 3 heteroatoms. The van der Waals surface area contributed by atoms with Gasteiger partial charge in [0.15, 0.2) is 5.78 Å². The second kappa shape index (κ2) is 6.53. The molecule has 0 fully saturated rings. The van der Waals surface area contributed by atoms with E-state index in [0.29, 0.717) is 17.9 Å². The number of ketones is 1. The van der Waals surface area contributed by atoms with Crippen LogP contribution in [0.1, 0.15) is 46.0 Å². The van der Waals surface area contributed by atoms with E-state index in [9.17, 15) is 4.79 Å². The lowest BCUT2D eigenvalue weighted by atomic mass is 9.94. The average Bonchev–Trinajstić information content (AvgIpc) is 2.44. The molecule has 0 aliphatic carbocycles. The van der Waals surface area contributed by atoms with Crippen molar-refractivity contribution in [2.45, 2.75) is 34.1 Å². The van der Waals surface area contributed by atoms with Crippen LogP contribution in [0.4, 0.5) is 0 Å². The molecule has 0 radical (unpaired) electrons. The van der Waals surface area contributed by atoms with Gasteiger partial charge >= 0.3 is 0 Å². The van der Waals surface area contributed by atoms with Crippen LogP contribution >= 0.6 is 0 Å². The van der Waals surface area contributed by atoms with E-state index in [0.717, 1.165) is 23.1 Å². The lowest BCUT2D eigenvalue weighted by molar-refractivity contribution is 0.103. The summed E-state index contributed by atoms with van der Waals surface area (Å²) in [5, 5.41) is 0. The van der Waals surface area contributed by atoms with Crippen LogP contribution in [0.15, 0.2) is 30.6 Å². The van der Waals surface area contributed by atoms with Crippen LogP contribution in [0.2, 0.25) is 0 Å². The van der Waals surface area contributed by atoms with Gasteiger partial charge in [-0.05, 0) is 44.4 Å². The first-order chi connectivity index (χ1) is 10.0. The number of rotatable bonds is 5. The van der Waals surface area contributed by atoms with E-state index in [1.807, 2.05) is 39.8 Å². The summed E-state index contributed by atoms with van der Waals surface area (Å²) in [4.78, 5) is 16.8. The summed E-state index contributed by atoms with van der Waals surface area (Å²) in [7, 11) is 0. The number of benzene rings is 1. The number of pyridine rings is 1. The van der Waals surface area contributed by atoms with Crippen LogP contribution in [0.25, 0.3) is 0 Å². The van der Waals surface area contributed by atoms with Gasteiger partial charge in [-0.3, -0.25) is 9.78 Å². The number of carbonyl (C=O) groups is 1. The molecule has 0 saturated carbocycles. The zero-order valence-electron chi connectivity index (χ0n) is 13.1. The lowest BCUT2D eigenvalue weighted by Crippen LogP contribution is -2.08. The van der Waals surface area contributed by atoms with Crippen LogP contribution in [0.3, 0.4) is 0 Å². The van der Waals surface area contributed by atoms with Gasteiger partial charge in [-0.1, -0.05) is 24.6 Å². The lowest BCUT2D eigenvalue weighted by Gasteiger charge is -2.11. The fourth-order valence-electron chi connectivity index (χ4n) is 2.52. The summed E-state index contributed by atoms with van der Waals surface area (Å²) < 4.78 is 5.55. The zero-order valence-corrected chi connectivity index (χ0v) is 13.1. The van der Waals surface area contributed by atoms with Crippen LogP contribution < -0.4 is 4.74 Å². The van der Waals surface area contributed by atoms with E-state index < -0.39 is 0 Å². The van der Waals surface area contributed by atoms with Gasteiger partial charge < -0.3 is 4.74 Å². The van der Waals surface area contributed by atoms with Crippen LogP contribution in [0.5, 0.6) is 5.75 Å². The largest absolute Gasteiger partial charge is 0.492 e. The third kappa shape index (κ3) is 3.48. The van der Waals surface area contributed by atoms with Gasteiger partial charge in [0, 0.05) is 17.3 Å². The van der Waals surface area contributed by atoms with Crippen molar-refractivity contribution in [3.8, 4) is 5.75 Å². The molecule has 0 spiro atoms. The summed E-state index contributed by atoms with van der Waals surface area (Å²) in [5.74, 6) is 0.643. The number of aryl methyl sites for hydroxylation is 3. The Morgan fingerprint density at radius 1 is 1.10 bits per heavy atom. The molecule has 0 atom stereocenters. The molecule has 0 unspecified atom stereocenters. The first kappa shape index (κ1) is 15.2. The predicted octanol–water partition coefficient (Wildman–Crippen LogP) is 4.03. The third-order valence-corrected chi connectivity index (χ3v) is 3.35. The molecule has 1 aromatic carbocycles. The number of hydrogen-bond acceptors (Lipinski definition) is 3. The topological polar surface area (TPSA) is 39.2 Å². The Bertz CT molecular complexity index is 639. The maximum atomic E-state index is 12.7. The number of nitrogens with zero attached hydrogens (tertiary/aromatic N) is 1. The Morgan fingerprint density at radius 3 is 2.38 bits per heavy atom. The highest BCUT2D eigenvalue weighted by Crippen LogP contribution is 2.21. The summed E-state index contributed by atoms with van der Waals surface area (Å²) in [6.07, 6.45) is 4.16. The molecule has 1 heterocycles. The van der Waals surface area contributed by atoms with Gasteiger partial charge in [0.2, 0.25) is 0 Å². The fourth-order valence-corrected chi connectivity index (χ4v) is 2.52. The molecule has 0 aliphatic heterocycles. The minimum absolute atomic E-state index is 0.000511. The standard InChI is InChI=1S/C18H21NO2/c1-5-6-21-16-9-15(10-19-11-16)18(20)17-13(3)7-12(2)8-14(17)4/h7-11H,5-6H2,1-4H3. The summed E-state index contributed by atoms with van der Waals surface area (Å²) >= 11 is 0. The average molecular weight is 283 g/mol. The highest BCUT2D eigenvalue weighted by molar-refractivity contribution is 6.10. The first-order valence-electron chi connectivity index (χ1n) is 7.23. The van der Waals surface area contributed by atoms with E-state index in [2.05, 4.69) is 4.98 Å². The highest BCUT2D eigenvalue weighted by atomic mass is 16.5. The molecule has 0 saturated heterocycles. The van der Waals surface area contributed by atoms with E-state index in [-0.39, 0.29) is 5.78 Å². The monoisotopic (exact) mass is 283 g/mol. The van der Waals surface area contributed by atoms with Crippen molar-refractivity contribution in [3.63, 3.8) is 0 Å². The Labute approximate surface area is 126 Å². The van der Waals surface area contributed by atoms with Crippen LogP contribution in [-0.2, 0) is 0 Å². The van der Waals surface area contributed by atoms with Crippen LogP contribution in [-0.4, -0.2) is 17.4 Å². The molecule has 1 aromatic heterocycles. The van der Waals surface area contributed by atoms with Crippen molar-refractivity contribution in [2.75, 3.05) is 6.61 Å². The molecule has 2 rings (SSSR count). The van der Waals surface area contributed by atoms with Gasteiger partial charge in [-0.2, -0.15) is 0 Å². The Balaban J connectivity index is 2.36. The van der Waals surface area contributed by atoms with E-state index in [4.69, 9.17) is 4.74 Å². The minimum atomic E-state index is -0.000511. The van der Waals surface area contributed by atoms with E-state index >= 15 is 0 Å². The normalized spacial score (nSPS) is 10.5. The maximum absolute atomic E-state index is 12.7. The molecule has 2 aromatic rings. The van der Waals surface area contributed by atoms with Crippen molar-refractivity contribution in [1.29, 1.82) is 0 Å². The summed E-state index contributed by atoms with van der Waals surface area (Å²) in [5.41, 5.74) is 4.49. The molecular weight excluding hydrogens is 262 g/mol. The molecular formula is C18H21NO2. The fraction of sp³-hybridized carbons (Fsp3) is 0.333. The van der Waals surface area contributed by atoms with Crippen molar-refractivity contribution in [2.24, 2.45) is 0 Å². The quantitative estimate of drug-likeness (QED) is 0.778. The Kier molecular flexibility index (Phi) is 4.73. The third-order valence-electron chi connectivity index (χ3n) is 3.35. The highest BCUT2D eigenvalue weighted by Gasteiger charge is 2.16. The van der Waals surface area contributed by atoms with Gasteiger partial charge in [-0.25, -0.2) is 0 Å². The SMILES string of the molecule is CCCOc1cncc(C(=O)c2c(C)cc(C)cc2C)c1. The predicted molar refractivity (Wildman–Crippen MR) is 84.1 cm³/mol. The van der Waals surface area contributed by atoms with E-state index in [1.165, 1.54) is 5.56 Å². The molecule has 0 N–H and O–H groups in total. The Morgan fingerprint density at radius 2 is 1.76 bits per heavy atom.